The van der Waals surface area contributed by atoms with Crippen LogP contribution < -0.4 is 10.5 Å². The molecule has 0 bridgehead atoms. The van der Waals surface area contributed by atoms with Gasteiger partial charge in [-0.05, 0) is 44.0 Å². The van der Waals surface area contributed by atoms with E-state index in [-0.39, 0.29) is 16.8 Å². The minimum Gasteiger partial charge on any atom is -0.334 e. The van der Waals surface area contributed by atoms with E-state index in [1.54, 1.807) is 17.0 Å². The van der Waals surface area contributed by atoms with E-state index in [0.29, 0.717) is 24.6 Å². The van der Waals surface area contributed by atoms with Gasteiger partial charge in [0.15, 0.2) is 0 Å². The summed E-state index contributed by atoms with van der Waals surface area (Å²) in [7, 11) is -2.21. The molecule has 7 heteroatoms. The Hall–Kier alpha value is -1.44. The number of sulfonamides is 1. The molecule has 1 fully saturated rings. The van der Waals surface area contributed by atoms with Crippen molar-refractivity contribution in [3.05, 3.63) is 29.8 Å². The number of rotatable bonds is 4. The molecule has 1 aromatic carbocycles. The predicted molar refractivity (Wildman–Crippen MR) is 85.0 cm³/mol. The Balaban J connectivity index is 2.28. The lowest BCUT2D eigenvalue weighted by Gasteiger charge is -2.38. The van der Waals surface area contributed by atoms with Crippen LogP contribution >= 0.6 is 0 Å². The molecule has 1 heterocycles. The molecule has 2 unspecified atom stereocenters. The minimum atomic E-state index is -3.56. The van der Waals surface area contributed by atoms with Gasteiger partial charge in [0.2, 0.25) is 10.0 Å². The van der Waals surface area contributed by atoms with Crippen molar-refractivity contribution in [1.29, 1.82) is 0 Å². The van der Waals surface area contributed by atoms with E-state index < -0.39 is 10.0 Å². The highest BCUT2D eigenvalue weighted by Crippen LogP contribution is 2.24. The van der Waals surface area contributed by atoms with Gasteiger partial charge in [-0.2, -0.15) is 0 Å². The maximum absolute atomic E-state index is 12.7. The Morgan fingerprint density at radius 3 is 2.82 bits per heavy atom. The molecular weight excluding hydrogens is 302 g/mol. The van der Waals surface area contributed by atoms with Crippen LogP contribution in [0.3, 0.4) is 0 Å². The Morgan fingerprint density at radius 1 is 1.45 bits per heavy atom. The number of hydrogen-bond acceptors (Lipinski definition) is 4. The Bertz CT molecular complexity index is 645. The maximum Gasteiger partial charge on any atom is 0.254 e. The highest BCUT2D eigenvalue weighted by Gasteiger charge is 2.29. The molecule has 0 aliphatic carbocycles. The van der Waals surface area contributed by atoms with Crippen LogP contribution in [0.2, 0.25) is 0 Å². The summed E-state index contributed by atoms with van der Waals surface area (Å²) in [5.74, 6) is 0.393. The van der Waals surface area contributed by atoms with Crippen molar-refractivity contribution in [2.24, 2.45) is 11.7 Å². The fourth-order valence-electron chi connectivity index (χ4n) is 2.82. The van der Waals surface area contributed by atoms with Gasteiger partial charge < -0.3 is 10.6 Å². The molecule has 2 rings (SSSR count). The van der Waals surface area contributed by atoms with Crippen LogP contribution in [-0.2, 0) is 10.0 Å². The van der Waals surface area contributed by atoms with Crippen molar-refractivity contribution in [1.82, 2.24) is 9.62 Å². The molecule has 0 spiro atoms. The highest BCUT2D eigenvalue weighted by atomic mass is 32.2. The number of likely N-dealkylation sites (tertiary alicyclic amines) is 1. The molecule has 1 aromatic rings. The van der Waals surface area contributed by atoms with Crippen molar-refractivity contribution in [2.75, 3.05) is 20.1 Å². The summed E-state index contributed by atoms with van der Waals surface area (Å²) >= 11 is 0. The SMILES string of the molecule is CNS(=O)(=O)c1cccc(C(=O)N2CCC(C)CC2CN)c1. The van der Waals surface area contributed by atoms with Crippen LogP contribution in [0, 0.1) is 5.92 Å². The lowest BCUT2D eigenvalue weighted by molar-refractivity contribution is 0.0573. The van der Waals surface area contributed by atoms with Crippen LogP contribution in [0.1, 0.15) is 30.1 Å². The number of piperidine rings is 1. The van der Waals surface area contributed by atoms with Gasteiger partial charge in [0.05, 0.1) is 4.90 Å². The largest absolute Gasteiger partial charge is 0.334 e. The highest BCUT2D eigenvalue weighted by molar-refractivity contribution is 7.89. The second-order valence-electron chi connectivity index (χ2n) is 5.75. The zero-order valence-electron chi connectivity index (χ0n) is 13.0. The van der Waals surface area contributed by atoms with Crippen LogP contribution in [0.5, 0.6) is 0 Å². The number of nitrogens with one attached hydrogen (secondary N) is 1. The average Bonchev–Trinajstić information content (AvgIpc) is 2.54. The lowest BCUT2D eigenvalue weighted by Crippen LogP contribution is -2.49. The maximum atomic E-state index is 12.7. The van der Waals surface area contributed by atoms with Crippen molar-refractivity contribution < 1.29 is 13.2 Å². The van der Waals surface area contributed by atoms with E-state index in [9.17, 15) is 13.2 Å². The molecule has 0 saturated carbocycles. The second kappa shape index (κ2) is 6.76. The average molecular weight is 325 g/mol. The summed E-state index contributed by atoms with van der Waals surface area (Å²) in [5.41, 5.74) is 6.17. The van der Waals surface area contributed by atoms with Gasteiger partial charge in [-0.3, -0.25) is 4.79 Å². The topological polar surface area (TPSA) is 92.5 Å². The molecule has 0 radical (unpaired) electrons. The van der Waals surface area contributed by atoms with Crippen molar-refractivity contribution >= 4 is 15.9 Å². The summed E-state index contributed by atoms with van der Waals surface area (Å²) < 4.78 is 26.0. The molecule has 1 aliphatic rings. The monoisotopic (exact) mass is 325 g/mol. The fourth-order valence-corrected chi connectivity index (χ4v) is 3.60. The second-order valence-corrected chi connectivity index (χ2v) is 7.64. The fraction of sp³-hybridized carbons (Fsp3) is 0.533. The van der Waals surface area contributed by atoms with Gasteiger partial charge in [-0.25, -0.2) is 13.1 Å². The number of amides is 1. The Morgan fingerprint density at radius 2 is 2.18 bits per heavy atom. The van der Waals surface area contributed by atoms with Crippen molar-refractivity contribution in [3.63, 3.8) is 0 Å². The third-order valence-corrected chi connectivity index (χ3v) is 5.58. The number of nitrogens with zero attached hydrogens (tertiary/aromatic N) is 1. The first kappa shape index (κ1) is 16.9. The number of carbonyl (C=O) groups is 1. The first-order valence-electron chi connectivity index (χ1n) is 7.43. The van der Waals surface area contributed by atoms with E-state index >= 15 is 0 Å². The molecule has 22 heavy (non-hydrogen) atoms. The van der Waals surface area contributed by atoms with E-state index in [4.69, 9.17) is 5.73 Å². The summed E-state index contributed by atoms with van der Waals surface area (Å²) in [6.07, 6.45) is 1.83. The zero-order valence-corrected chi connectivity index (χ0v) is 13.8. The molecule has 1 amide bonds. The lowest BCUT2D eigenvalue weighted by atomic mass is 9.92. The third-order valence-electron chi connectivity index (χ3n) is 4.17. The number of benzene rings is 1. The quantitative estimate of drug-likeness (QED) is 0.856. The smallest absolute Gasteiger partial charge is 0.254 e. The van der Waals surface area contributed by atoms with Crippen LogP contribution in [0.25, 0.3) is 0 Å². The van der Waals surface area contributed by atoms with E-state index in [0.717, 1.165) is 12.8 Å². The van der Waals surface area contributed by atoms with Crippen LogP contribution in [0.15, 0.2) is 29.2 Å². The number of hydrogen-bond donors (Lipinski definition) is 2. The molecule has 2 atom stereocenters. The van der Waals surface area contributed by atoms with Gasteiger partial charge in [0, 0.05) is 24.7 Å². The van der Waals surface area contributed by atoms with Crippen LogP contribution in [0.4, 0.5) is 0 Å². The first-order valence-corrected chi connectivity index (χ1v) is 8.92. The molecule has 6 nitrogen and oxygen atoms in total. The first-order chi connectivity index (χ1) is 10.4. The standard InChI is InChI=1S/C15H23N3O3S/c1-11-6-7-18(13(8-11)10-16)15(19)12-4-3-5-14(9-12)22(20,21)17-2/h3-5,9,11,13,17H,6-8,10,16H2,1-2H3. The Labute approximate surface area is 131 Å². The Kier molecular flexibility index (Phi) is 5.20. The molecule has 122 valence electrons. The van der Waals surface area contributed by atoms with Crippen molar-refractivity contribution in [2.45, 2.75) is 30.7 Å². The molecule has 1 aliphatic heterocycles. The normalized spacial score (nSPS) is 22.6. The van der Waals surface area contributed by atoms with Gasteiger partial charge in [-0.15, -0.1) is 0 Å². The van der Waals surface area contributed by atoms with Crippen molar-refractivity contribution in [3.8, 4) is 0 Å². The summed E-state index contributed by atoms with van der Waals surface area (Å²) in [6, 6.07) is 6.13. The molecule has 1 saturated heterocycles. The van der Waals surface area contributed by atoms with Gasteiger partial charge >= 0.3 is 0 Å². The van der Waals surface area contributed by atoms with Gasteiger partial charge in [-0.1, -0.05) is 13.0 Å². The van der Waals surface area contributed by atoms with Gasteiger partial charge in [0.1, 0.15) is 0 Å². The molecular formula is C15H23N3O3S. The predicted octanol–water partition coefficient (Wildman–Crippen LogP) is 0.794. The minimum absolute atomic E-state index is 0.0146. The van der Waals surface area contributed by atoms with Crippen LogP contribution in [-0.4, -0.2) is 45.4 Å². The van der Waals surface area contributed by atoms with E-state index in [2.05, 4.69) is 11.6 Å². The zero-order chi connectivity index (χ0) is 16.3. The third kappa shape index (κ3) is 3.48. The molecule has 3 N–H and O–H groups in total. The summed E-state index contributed by atoms with van der Waals surface area (Å²) in [4.78, 5) is 14.6. The van der Waals surface area contributed by atoms with E-state index in [1.807, 2.05) is 0 Å². The summed E-state index contributed by atoms with van der Waals surface area (Å²) in [6.45, 7) is 3.24. The van der Waals surface area contributed by atoms with Gasteiger partial charge in [0.25, 0.3) is 5.91 Å². The molecule has 0 aromatic heterocycles. The van der Waals surface area contributed by atoms with E-state index in [1.165, 1.54) is 19.2 Å². The number of carbonyl (C=O) groups excluding carboxylic acids is 1. The summed E-state index contributed by atoms with van der Waals surface area (Å²) in [5, 5.41) is 0. The number of nitrogens with two attached hydrogens (primary N) is 1.